The molecule has 0 aliphatic rings. The molecule has 0 rings (SSSR count). The molecule has 72 valence electrons. The highest BCUT2D eigenvalue weighted by molar-refractivity contribution is 5.80. The third-order valence-electron chi connectivity index (χ3n) is 1.56. The molecule has 0 spiro atoms. The molecule has 0 bridgehead atoms. The molecular formula is C9H19NO2. The Morgan fingerprint density at radius 1 is 1.50 bits per heavy atom. The van der Waals surface area contributed by atoms with E-state index in [0.717, 1.165) is 12.8 Å². The minimum absolute atomic E-state index is 0.105. The van der Waals surface area contributed by atoms with Gasteiger partial charge in [0.25, 0.3) is 0 Å². The van der Waals surface area contributed by atoms with Gasteiger partial charge >= 0.3 is 0 Å². The van der Waals surface area contributed by atoms with Crippen molar-refractivity contribution in [2.24, 2.45) is 0 Å². The van der Waals surface area contributed by atoms with Gasteiger partial charge in [0.05, 0.1) is 0 Å². The maximum Gasteiger partial charge on any atom is 0.249 e. The molecule has 12 heavy (non-hydrogen) atoms. The van der Waals surface area contributed by atoms with E-state index in [2.05, 4.69) is 5.32 Å². The SMILES string of the molecule is CCCC[C@H](O)C(=O)NC(C)C. The predicted molar refractivity (Wildman–Crippen MR) is 48.8 cm³/mol. The van der Waals surface area contributed by atoms with Crippen molar-refractivity contribution in [3.05, 3.63) is 0 Å². The van der Waals surface area contributed by atoms with Crippen LogP contribution in [-0.4, -0.2) is 23.2 Å². The van der Waals surface area contributed by atoms with Gasteiger partial charge in [0.1, 0.15) is 6.10 Å². The molecule has 3 nitrogen and oxygen atoms in total. The molecule has 1 atom stereocenters. The smallest absolute Gasteiger partial charge is 0.249 e. The van der Waals surface area contributed by atoms with Gasteiger partial charge in [-0.1, -0.05) is 19.8 Å². The number of carbonyl (C=O) groups excluding carboxylic acids is 1. The number of carbonyl (C=O) groups is 1. The van der Waals surface area contributed by atoms with Crippen LogP contribution in [0.4, 0.5) is 0 Å². The molecule has 0 saturated heterocycles. The first-order chi connectivity index (χ1) is 5.57. The molecular weight excluding hydrogens is 154 g/mol. The highest BCUT2D eigenvalue weighted by Gasteiger charge is 2.13. The largest absolute Gasteiger partial charge is 0.383 e. The van der Waals surface area contributed by atoms with E-state index in [0.29, 0.717) is 6.42 Å². The van der Waals surface area contributed by atoms with E-state index in [1.807, 2.05) is 20.8 Å². The minimum Gasteiger partial charge on any atom is -0.383 e. The van der Waals surface area contributed by atoms with E-state index in [4.69, 9.17) is 0 Å². The predicted octanol–water partition coefficient (Wildman–Crippen LogP) is 1.06. The second-order valence-electron chi connectivity index (χ2n) is 3.32. The Bertz CT molecular complexity index is 134. The van der Waals surface area contributed by atoms with Gasteiger partial charge in [0, 0.05) is 6.04 Å². The highest BCUT2D eigenvalue weighted by atomic mass is 16.3. The lowest BCUT2D eigenvalue weighted by atomic mass is 10.1. The summed E-state index contributed by atoms with van der Waals surface area (Å²) in [5, 5.41) is 11.9. The van der Waals surface area contributed by atoms with Gasteiger partial charge in [-0.25, -0.2) is 0 Å². The summed E-state index contributed by atoms with van der Waals surface area (Å²) < 4.78 is 0. The Balaban J connectivity index is 3.61. The Kier molecular flexibility index (Phi) is 5.72. The molecule has 0 saturated carbocycles. The second-order valence-corrected chi connectivity index (χ2v) is 3.32. The molecule has 1 amide bonds. The lowest BCUT2D eigenvalue weighted by Gasteiger charge is -2.12. The second kappa shape index (κ2) is 6.00. The summed E-state index contributed by atoms with van der Waals surface area (Å²) in [6.07, 6.45) is 1.64. The van der Waals surface area contributed by atoms with Crippen molar-refractivity contribution in [2.45, 2.75) is 52.2 Å². The lowest BCUT2D eigenvalue weighted by Crippen LogP contribution is -2.38. The van der Waals surface area contributed by atoms with Gasteiger partial charge in [-0.05, 0) is 20.3 Å². The Morgan fingerprint density at radius 2 is 2.08 bits per heavy atom. The lowest BCUT2D eigenvalue weighted by molar-refractivity contribution is -0.130. The van der Waals surface area contributed by atoms with Gasteiger partial charge in [-0.3, -0.25) is 4.79 Å². The number of aliphatic hydroxyl groups is 1. The van der Waals surface area contributed by atoms with Crippen LogP contribution in [0, 0.1) is 0 Å². The van der Waals surface area contributed by atoms with Crippen LogP contribution in [0.25, 0.3) is 0 Å². The van der Waals surface area contributed by atoms with Crippen molar-refractivity contribution in [1.82, 2.24) is 5.32 Å². The van der Waals surface area contributed by atoms with Crippen molar-refractivity contribution in [1.29, 1.82) is 0 Å². The summed E-state index contributed by atoms with van der Waals surface area (Å²) in [5.74, 6) is -0.251. The first kappa shape index (κ1) is 11.4. The minimum atomic E-state index is -0.827. The Labute approximate surface area is 74.2 Å². The van der Waals surface area contributed by atoms with E-state index in [1.54, 1.807) is 0 Å². The first-order valence-electron chi connectivity index (χ1n) is 4.56. The summed E-state index contributed by atoms with van der Waals surface area (Å²) in [4.78, 5) is 11.1. The van der Waals surface area contributed by atoms with Crippen LogP contribution in [0.5, 0.6) is 0 Å². The number of aliphatic hydroxyl groups excluding tert-OH is 1. The molecule has 3 heteroatoms. The molecule has 2 N–H and O–H groups in total. The van der Waals surface area contributed by atoms with Crippen LogP contribution in [0.1, 0.15) is 40.0 Å². The zero-order valence-corrected chi connectivity index (χ0v) is 8.13. The third kappa shape index (κ3) is 5.13. The van der Waals surface area contributed by atoms with E-state index >= 15 is 0 Å². The van der Waals surface area contributed by atoms with Crippen molar-refractivity contribution >= 4 is 5.91 Å². The Morgan fingerprint density at radius 3 is 2.50 bits per heavy atom. The van der Waals surface area contributed by atoms with E-state index in [1.165, 1.54) is 0 Å². The van der Waals surface area contributed by atoms with E-state index in [9.17, 15) is 9.90 Å². The first-order valence-corrected chi connectivity index (χ1v) is 4.56. The fourth-order valence-electron chi connectivity index (χ4n) is 0.909. The highest BCUT2D eigenvalue weighted by Crippen LogP contribution is 2.00. The maximum absolute atomic E-state index is 11.1. The molecule has 0 heterocycles. The van der Waals surface area contributed by atoms with Crippen LogP contribution < -0.4 is 5.32 Å². The molecule has 0 unspecified atom stereocenters. The quantitative estimate of drug-likeness (QED) is 0.653. The number of rotatable bonds is 5. The van der Waals surface area contributed by atoms with Crippen LogP contribution in [0.3, 0.4) is 0 Å². The number of nitrogens with one attached hydrogen (secondary N) is 1. The van der Waals surface area contributed by atoms with Gasteiger partial charge < -0.3 is 10.4 Å². The summed E-state index contributed by atoms with van der Waals surface area (Å²) >= 11 is 0. The van der Waals surface area contributed by atoms with E-state index < -0.39 is 6.10 Å². The molecule has 0 radical (unpaired) electrons. The van der Waals surface area contributed by atoms with Crippen molar-refractivity contribution in [2.75, 3.05) is 0 Å². The molecule has 0 aliphatic carbocycles. The van der Waals surface area contributed by atoms with Crippen molar-refractivity contribution in [3.8, 4) is 0 Å². The number of amides is 1. The van der Waals surface area contributed by atoms with Gasteiger partial charge in [-0.2, -0.15) is 0 Å². The fraction of sp³-hybridized carbons (Fsp3) is 0.889. The van der Waals surface area contributed by atoms with Gasteiger partial charge in [0.2, 0.25) is 5.91 Å². The van der Waals surface area contributed by atoms with Crippen molar-refractivity contribution < 1.29 is 9.90 Å². The number of unbranched alkanes of at least 4 members (excludes halogenated alkanes) is 1. The van der Waals surface area contributed by atoms with Gasteiger partial charge in [-0.15, -0.1) is 0 Å². The third-order valence-corrected chi connectivity index (χ3v) is 1.56. The zero-order chi connectivity index (χ0) is 9.56. The summed E-state index contributed by atoms with van der Waals surface area (Å²) in [6.45, 7) is 5.79. The topological polar surface area (TPSA) is 49.3 Å². The van der Waals surface area contributed by atoms with Gasteiger partial charge in [0.15, 0.2) is 0 Å². The Hall–Kier alpha value is -0.570. The summed E-state index contributed by atoms with van der Waals surface area (Å²) in [5.41, 5.74) is 0. The van der Waals surface area contributed by atoms with Crippen LogP contribution in [-0.2, 0) is 4.79 Å². The molecule has 0 fully saturated rings. The fourth-order valence-corrected chi connectivity index (χ4v) is 0.909. The van der Waals surface area contributed by atoms with Crippen molar-refractivity contribution in [3.63, 3.8) is 0 Å². The summed E-state index contributed by atoms with van der Waals surface area (Å²) in [6, 6.07) is 0.105. The average molecular weight is 173 g/mol. The number of hydrogen-bond acceptors (Lipinski definition) is 2. The average Bonchev–Trinajstić information content (AvgIpc) is 1.98. The number of hydrogen-bond donors (Lipinski definition) is 2. The zero-order valence-electron chi connectivity index (χ0n) is 8.13. The van der Waals surface area contributed by atoms with Crippen LogP contribution in [0.15, 0.2) is 0 Å². The molecule has 0 aromatic carbocycles. The normalized spacial score (nSPS) is 13.1. The van der Waals surface area contributed by atoms with Crippen LogP contribution >= 0.6 is 0 Å². The molecule has 0 aliphatic heterocycles. The maximum atomic E-state index is 11.1. The monoisotopic (exact) mass is 173 g/mol. The van der Waals surface area contributed by atoms with Crippen LogP contribution in [0.2, 0.25) is 0 Å². The molecule has 0 aromatic heterocycles. The standard InChI is InChI=1S/C9H19NO2/c1-4-5-6-8(11)9(12)10-7(2)3/h7-8,11H,4-6H2,1-3H3,(H,10,12)/t8-/m0/s1. The van der Waals surface area contributed by atoms with E-state index in [-0.39, 0.29) is 11.9 Å². The summed E-state index contributed by atoms with van der Waals surface area (Å²) in [7, 11) is 0. The molecule has 0 aromatic rings.